The number of hydrogen-bond acceptors (Lipinski definition) is 6. The number of carbonyl (C=O) groups excluding carboxylic acids is 3. The molecular weight excluding hydrogens is 338 g/mol. The van der Waals surface area contributed by atoms with Crippen molar-refractivity contribution in [2.24, 2.45) is 10.8 Å². The maximum absolute atomic E-state index is 12.3. The summed E-state index contributed by atoms with van der Waals surface area (Å²) in [6, 6.07) is 11.3. The third kappa shape index (κ3) is 3.25. The van der Waals surface area contributed by atoms with Gasteiger partial charge in [-0.2, -0.15) is 10.1 Å². The van der Waals surface area contributed by atoms with Crippen LogP contribution in [0.5, 0.6) is 11.5 Å². The molecule has 0 saturated carbocycles. The third-order valence-corrected chi connectivity index (χ3v) is 3.65. The fraction of sp³-hybridized carbons (Fsp3) is 0.111. The fourth-order valence-corrected chi connectivity index (χ4v) is 2.44. The Balaban J connectivity index is 1.80. The molecular formula is C18H15N3O5. The Hall–Kier alpha value is -3.68. The van der Waals surface area contributed by atoms with E-state index in [0.29, 0.717) is 28.2 Å². The molecule has 132 valence electrons. The number of ether oxygens (including phenoxy) is 2. The van der Waals surface area contributed by atoms with E-state index in [2.05, 4.69) is 5.10 Å². The molecule has 2 N–H and O–H groups in total. The zero-order valence-corrected chi connectivity index (χ0v) is 13.8. The number of primary amides is 1. The Kier molecular flexibility index (Phi) is 4.66. The maximum atomic E-state index is 12.3. The van der Waals surface area contributed by atoms with Gasteiger partial charge in [-0.05, 0) is 35.9 Å². The minimum Gasteiger partial charge on any atom is -0.493 e. The lowest BCUT2D eigenvalue weighted by Crippen LogP contribution is -2.24. The van der Waals surface area contributed by atoms with Crippen LogP contribution in [-0.2, 0) is 4.79 Å². The summed E-state index contributed by atoms with van der Waals surface area (Å²) >= 11 is 0. The van der Waals surface area contributed by atoms with Crippen molar-refractivity contribution in [2.45, 2.75) is 0 Å². The number of carbonyl (C=O) groups is 3. The Morgan fingerprint density at radius 2 is 1.77 bits per heavy atom. The minimum absolute atomic E-state index is 0.279. The van der Waals surface area contributed by atoms with Crippen LogP contribution >= 0.6 is 0 Å². The highest BCUT2D eigenvalue weighted by Crippen LogP contribution is 2.28. The summed E-state index contributed by atoms with van der Waals surface area (Å²) in [5, 5.41) is 4.80. The average Bonchev–Trinajstić information content (AvgIpc) is 2.89. The Labute approximate surface area is 148 Å². The average molecular weight is 353 g/mol. The normalized spacial score (nSPS) is 13.2. The zero-order valence-electron chi connectivity index (χ0n) is 13.8. The molecule has 0 spiro atoms. The molecule has 0 unspecified atom stereocenters. The maximum Gasteiger partial charge on any atom is 0.282 e. The highest BCUT2D eigenvalue weighted by Gasteiger charge is 2.35. The third-order valence-electron chi connectivity index (χ3n) is 3.65. The van der Waals surface area contributed by atoms with E-state index in [1.807, 2.05) is 0 Å². The molecule has 0 aromatic heterocycles. The van der Waals surface area contributed by atoms with Crippen molar-refractivity contribution in [3.63, 3.8) is 0 Å². The van der Waals surface area contributed by atoms with Gasteiger partial charge in [0.2, 0.25) is 0 Å². The number of nitrogens with zero attached hydrogens (tertiary/aromatic N) is 2. The number of benzene rings is 2. The minimum atomic E-state index is -0.608. The predicted octanol–water partition coefficient (Wildman–Crippen LogP) is 1.19. The van der Waals surface area contributed by atoms with Gasteiger partial charge >= 0.3 is 0 Å². The topological polar surface area (TPSA) is 111 Å². The molecule has 0 fully saturated rings. The summed E-state index contributed by atoms with van der Waals surface area (Å²) in [5.74, 6) is -0.865. The molecule has 1 aliphatic rings. The number of hydrogen-bond donors (Lipinski definition) is 1. The van der Waals surface area contributed by atoms with Crippen LogP contribution in [0.15, 0.2) is 47.6 Å². The van der Waals surface area contributed by atoms with Gasteiger partial charge < -0.3 is 15.2 Å². The van der Waals surface area contributed by atoms with Crippen LogP contribution in [0.4, 0.5) is 0 Å². The lowest BCUT2D eigenvalue weighted by molar-refractivity contribution is -0.119. The second kappa shape index (κ2) is 7.06. The van der Waals surface area contributed by atoms with Gasteiger partial charge in [-0.3, -0.25) is 14.4 Å². The van der Waals surface area contributed by atoms with Gasteiger partial charge in [0.1, 0.15) is 0 Å². The van der Waals surface area contributed by atoms with Gasteiger partial charge in [0, 0.05) is 0 Å². The fourth-order valence-electron chi connectivity index (χ4n) is 2.44. The van der Waals surface area contributed by atoms with E-state index in [1.165, 1.54) is 13.3 Å². The number of hydrazone groups is 1. The van der Waals surface area contributed by atoms with Crippen LogP contribution < -0.4 is 15.2 Å². The number of amides is 3. The van der Waals surface area contributed by atoms with E-state index in [0.717, 1.165) is 5.01 Å². The summed E-state index contributed by atoms with van der Waals surface area (Å²) in [6.45, 7) is -0.279. The second-order valence-electron chi connectivity index (χ2n) is 5.38. The summed E-state index contributed by atoms with van der Waals surface area (Å²) < 4.78 is 10.4. The number of imide groups is 1. The van der Waals surface area contributed by atoms with Crippen LogP contribution in [0.25, 0.3) is 0 Å². The predicted molar refractivity (Wildman–Crippen MR) is 92.2 cm³/mol. The van der Waals surface area contributed by atoms with E-state index in [1.54, 1.807) is 42.5 Å². The summed E-state index contributed by atoms with van der Waals surface area (Å²) in [6.07, 6.45) is 1.36. The molecule has 26 heavy (non-hydrogen) atoms. The summed E-state index contributed by atoms with van der Waals surface area (Å²) in [5.41, 5.74) is 6.26. The van der Waals surface area contributed by atoms with Crippen molar-refractivity contribution in [3.8, 4) is 11.5 Å². The van der Waals surface area contributed by atoms with Crippen molar-refractivity contribution in [3.05, 3.63) is 59.2 Å². The molecule has 3 amide bonds. The van der Waals surface area contributed by atoms with Crippen LogP contribution in [0, 0.1) is 0 Å². The van der Waals surface area contributed by atoms with Crippen LogP contribution in [0.3, 0.4) is 0 Å². The monoisotopic (exact) mass is 353 g/mol. The van der Waals surface area contributed by atoms with Gasteiger partial charge in [0.05, 0.1) is 24.5 Å². The standard InChI is InChI=1S/C18H15N3O5/c1-25-15-8-11(6-7-14(15)26-10-16(19)22)9-20-21-17(23)12-4-2-3-5-13(12)18(21)24/h2-9H,10H2,1H3,(H2,19,22)/b20-9-. The lowest BCUT2D eigenvalue weighted by atomic mass is 10.1. The Morgan fingerprint density at radius 3 is 2.35 bits per heavy atom. The van der Waals surface area contributed by atoms with Crippen molar-refractivity contribution in [1.82, 2.24) is 5.01 Å². The van der Waals surface area contributed by atoms with Crippen LogP contribution in [-0.4, -0.2) is 42.7 Å². The van der Waals surface area contributed by atoms with E-state index < -0.39 is 17.7 Å². The number of fused-ring (bicyclic) bond motifs is 1. The van der Waals surface area contributed by atoms with Crippen LogP contribution in [0.2, 0.25) is 0 Å². The van der Waals surface area contributed by atoms with Gasteiger partial charge in [0.25, 0.3) is 17.7 Å². The molecule has 1 aliphatic heterocycles. The molecule has 0 bridgehead atoms. The van der Waals surface area contributed by atoms with Gasteiger partial charge in [-0.15, -0.1) is 0 Å². The summed E-state index contributed by atoms with van der Waals surface area (Å²) in [4.78, 5) is 35.3. The molecule has 8 nitrogen and oxygen atoms in total. The first-order chi connectivity index (χ1) is 12.5. The first-order valence-corrected chi connectivity index (χ1v) is 7.62. The van der Waals surface area contributed by atoms with Gasteiger partial charge in [-0.1, -0.05) is 12.1 Å². The first kappa shape index (κ1) is 17.2. The van der Waals surface area contributed by atoms with Crippen molar-refractivity contribution in [2.75, 3.05) is 13.7 Å². The van der Waals surface area contributed by atoms with Gasteiger partial charge in [-0.25, -0.2) is 0 Å². The largest absolute Gasteiger partial charge is 0.493 e. The second-order valence-corrected chi connectivity index (χ2v) is 5.38. The highest BCUT2D eigenvalue weighted by molar-refractivity contribution is 6.21. The Morgan fingerprint density at radius 1 is 1.12 bits per heavy atom. The molecule has 8 heteroatoms. The molecule has 0 aliphatic carbocycles. The highest BCUT2D eigenvalue weighted by atomic mass is 16.5. The van der Waals surface area contributed by atoms with Crippen molar-refractivity contribution >= 4 is 23.9 Å². The molecule has 2 aromatic rings. The molecule has 0 radical (unpaired) electrons. The van der Waals surface area contributed by atoms with Gasteiger partial charge in [0.15, 0.2) is 18.1 Å². The SMILES string of the molecule is COc1cc(/C=N\N2C(=O)c3ccccc3C2=O)ccc1OCC(N)=O. The van der Waals surface area contributed by atoms with Crippen molar-refractivity contribution in [1.29, 1.82) is 0 Å². The number of nitrogens with two attached hydrogens (primary N) is 1. The molecule has 3 rings (SSSR count). The van der Waals surface area contributed by atoms with E-state index in [4.69, 9.17) is 15.2 Å². The molecule has 0 saturated heterocycles. The van der Waals surface area contributed by atoms with E-state index >= 15 is 0 Å². The molecule has 2 aromatic carbocycles. The van der Waals surface area contributed by atoms with Crippen LogP contribution in [0.1, 0.15) is 26.3 Å². The number of methoxy groups -OCH3 is 1. The number of rotatable bonds is 6. The molecule has 1 heterocycles. The summed E-state index contributed by atoms with van der Waals surface area (Å²) in [7, 11) is 1.44. The van der Waals surface area contributed by atoms with E-state index in [9.17, 15) is 14.4 Å². The lowest BCUT2D eigenvalue weighted by Gasteiger charge is -2.10. The Bertz CT molecular complexity index is 888. The molecule has 0 atom stereocenters. The zero-order chi connectivity index (χ0) is 18.7. The van der Waals surface area contributed by atoms with Crippen molar-refractivity contribution < 1.29 is 23.9 Å². The first-order valence-electron chi connectivity index (χ1n) is 7.62. The van der Waals surface area contributed by atoms with E-state index in [-0.39, 0.29) is 6.61 Å². The smallest absolute Gasteiger partial charge is 0.282 e. The quantitative estimate of drug-likeness (QED) is 0.619.